The number of aromatic amines is 1. The maximum atomic E-state index is 8.80. The van der Waals surface area contributed by atoms with Gasteiger partial charge >= 0.3 is 0 Å². The maximum Gasteiger partial charge on any atom is 0.204 e. The van der Waals surface area contributed by atoms with Gasteiger partial charge in [-0.05, 0) is 44.2 Å². The highest BCUT2D eigenvalue weighted by Crippen LogP contribution is 2.00. The highest BCUT2D eigenvalue weighted by molar-refractivity contribution is 5.81. The Labute approximate surface area is 142 Å². The van der Waals surface area contributed by atoms with Crippen molar-refractivity contribution in [2.24, 2.45) is 4.99 Å². The van der Waals surface area contributed by atoms with Crippen molar-refractivity contribution < 1.29 is 0 Å². The van der Waals surface area contributed by atoms with Gasteiger partial charge in [0.2, 0.25) is 5.96 Å². The van der Waals surface area contributed by atoms with Crippen LogP contribution < -0.4 is 10.6 Å². The van der Waals surface area contributed by atoms with Gasteiger partial charge < -0.3 is 10.3 Å². The zero-order valence-corrected chi connectivity index (χ0v) is 13.7. The number of H-pyrrole nitrogens is 1. The van der Waals surface area contributed by atoms with E-state index in [1.165, 1.54) is 0 Å². The first-order valence-electron chi connectivity index (χ1n) is 8.19. The number of unbranched alkanes of at least 4 members (excludes halogenated alkanes) is 1. The number of nitrogens with one attached hydrogen (secondary N) is 3. The molecule has 2 heterocycles. The van der Waals surface area contributed by atoms with Gasteiger partial charge in [-0.2, -0.15) is 5.26 Å². The van der Waals surface area contributed by atoms with Gasteiger partial charge in [0, 0.05) is 36.9 Å². The van der Waals surface area contributed by atoms with Crippen molar-refractivity contribution in [2.75, 3.05) is 13.1 Å². The number of nitrogens with zero attached hydrogens (tertiary/aromatic N) is 4. The van der Waals surface area contributed by atoms with Crippen LogP contribution in [0.2, 0.25) is 0 Å². The third kappa shape index (κ3) is 6.92. The molecule has 7 nitrogen and oxygen atoms in total. The van der Waals surface area contributed by atoms with Crippen molar-refractivity contribution >= 4 is 5.96 Å². The van der Waals surface area contributed by atoms with Crippen LogP contribution in [0.5, 0.6) is 0 Å². The van der Waals surface area contributed by atoms with Crippen molar-refractivity contribution in [1.82, 2.24) is 25.6 Å². The van der Waals surface area contributed by atoms with E-state index < -0.39 is 0 Å². The Morgan fingerprint density at radius 2 is 2.21 bits per heavy atom. The SMILES string of the molecule is N#CNC(=NCCCc1ccccn1)NCCCCc1cnc[nH]1. The normalized spacial score (nSPS) is 11.0. The van der Waals surface area contributed by atoms with Crippen LogP contribution >= 0.6 is 0 Å². The van der Waals surface area contributed by atoms with Gasteiger partial charge in [-0.3, -0.25) is 15.3 Å². The molecule has 0 unspecified atom stereocenters. The monoisotopic (exact) mass is 325 g/mol. The van der Waals surface area contributed by atoms with Crippen molar-refractivity contribution in [3.63, 3.8) is 0 Å². The van der Waals surface area contributed by atoms with Gasteiger partial charge in [0.25, 0.3) is 0 Å². The summed E-state index contributed by atoms with van der Waals surface area (Å²) in [6, 6.07) is 5.90. The van der Waals surface area contributed by atoms with Crippen LogP contribution in [0.1, 0.15) is 30.7 Å². The molecule has 3 N–H and O–H groups in total. The van der Waals surface area contributed by atoms with Gasteiger partial charge in [0.1, 0.15) is 0 Å². The molecule has 0 spiro atoms. The second-order valence-electron chi connectivity index (χ2n) is 5.35. The Morgan fingerprint density at radius 3 is 2.96 bits per heavy atom. The van der Waals surface area contributed by atoms with E-state index in [0.717, 1.165) is 50.0 Å². The summed E-state index contributed by atoms with van der Waals surface area (Å²) >= 11 is 0. The van der Waals surface area contributed by atoms with Crippen LogP contribution in [0.15, 0.2) is 41.9 Å². The van der Waals surface area contributed by atoms with E-state index in [-0.39, 0.29) is 0 Å². The van der Waals surface area contributed by atoms with E-state index in [1.807, 2.05) is 30.6 Å². The lowest BCUT2D eigenvalue weighted by molar-refractivity contribution is 0.693. The zero-order chi connectivity index (χ0) is 16.9. The minimum absolute atomic E-state index is 0.542. The summed E-state index contributed by atoms with van der Waals surface area (Å²) in [7, 11) is 0. The lowest BCUT2D eigenvalue weighted by atomic mass is 10.2. The molecular weight excluding hydrogens is 302 g/mol. The number of nitriles is 1. The Morgan fingerprint density at radius 1 is 1.25 bits per heavy atom. The van der Waals surface area contributed by atoms with Gasteiger partial charge in [0.15, 0.2) is 6.19 Å². The Hall–Kier alpha value is -2.88. The van der Waals surface area contributed by atoms with Gasteiger partial charge in [-0.1, -0.05) is 6.07 Å². The summed E-state index contributed by atoms with van der Waals surface area (Å²) in [4.78, 5) is 15.8. The average molecular weight is 325 g/mol. The smallest absolute Gasteiger partial charge is 0.204 e. The standard InChI is InChI=1S/C17H23N7/c18-13-23-17(21-10-4-2-7-16-12-19-14-24-16)22-11-5-8-15-6-1-3-9-20-15/h1,3,6,9,12,14H,2,4-5,7-8,10-11H2,(H,19,24)(H2,21,22,23). The number of imidazole rings is 1. The molecule has 0 saturated heterocycles. The minimum Gasteiger partial charge on any atom is -0.356 e. The molecule has 0 fully saturated rings. The van der Waals surface area contributed by atoms with Crippen molar-refractivity contribution in [2.45, 2.75) is 32.1 Å². The lowest BCUT2D eigenvalue weighted by Gasteiger charge is -2.07. The highest BCUT2D eigenvalue weighted by atomic mass is 15.2. The van der Waals surface area contributed by atoms with Crippen LogP contribution in [0.4, 0.5) is 0 Å². The fourth-order valence-electron chi connectivity index (χ4n) is 2.26. The number of pyridine rings is 1. The second-order valence-corrected chi connectivity index (χ2v) is 5.35. The molecule has 0 aromatic carbocycles. The van der Waals surface area contributed by atoms with Crippen LogP contribution in [-0.4, -0.2) is 34.0 Å². The Balaban J connectivity index is 1.62. The quantitative estimate of drug-likeness (QED) is 0.214. The number of aryl methyl sites for hydroxylation is 2. The number of aliphatic imine (C=N–C) groups is 1. The topological polar surface area (TPSA) is 102 Å². The summed E-state index contributed by atoms with van der Waals surface area (Å²) < 4.78 is 0. The molecule has 2 rings (SSSR count). The van der Waals surface area contributed by atoms with Crippen molar-refractivity contribution in [1.29, 1.82) is 5.26 Å². The fourth-order valence-corrected chi connectivity index (χ4v) is 2.26. The summed E-state index contributed by atoms with van der Waals surface area (Å²) in [6.45, 7) is 1.43. The van der Waals surface area contributed by atoms with Crippen molar-refractivity contribution in [3.8, 4) is 6.19 Å². The van der Waals surface area contributed by atoms with Crippen LogP contribution in [0, 0.1) is 11.5 Å². The molecule has 0 radical (unpaired) electrons. The molecule has 126 valence electrons. The number of guanidine groups is 1. The maximum absolute atomic E-state index is 8.80. The summed E-state index contributed by atoms with van der Waals surface area (Å²) in [5, 5.41) is 14.6. The van der Waals surface area contributed by atoms with E-state index in [1.54, 1.807) is 12.5 Å². The number of hydrogen-bond acceptors (Lipinski definition) is 4. The first-order chi connectivity index (χ1) is 11.9. The molecule has 0 aliphatic rings. The van der Waals surface area contributed by atoms with E-state index in [9.17, 15) is 0 Å². The molecule has 0 aliphatic heterocycles. The fraction of sp³-hybridized carbons (Fsp3) is 0.412. The molecule has 0 bridgehead atoms. The summed E-state index contributed by atoms with van der Waals surface area (Å²) in [6.07, 6.45) is 12.1. The predicted molar refractivity (Wildman–Crippen MR) is 93.1 cm³/mol. The Kier molecular flexibility index (Phi) is 7.85. The molecule has 24 heavy (non-hydrogen) atoms. The largest absolute Gasteiger partial charge is 0.356 e. The number of hydrogen-bond donors (Lipinski definition) is 3. The Bertz CT molecular complexity index is 629. The van der Waals surface area contributed by atoms with Crippen LogP contribution in [0.3, 0.4) is 0 Å². The molecule has 0 aliphatic carbocycles. The molecule has 7 heteroatoms. The van der Waals surface area contributed by atoms with Crippen LogP contribution in [0.25, 0.3) is 0 Å². The van der Waals surface area contributed by atoms with E-state index in [4.69, 9.17) is 5.26 Å². The molecule has 0 amide bonds. The molecular formula is C17H23N7. The average Bonchev–Trinajstić information content (AvgIpc) is 3.12. The van der Waals surface area contributed by atoms with Crippen molar-refractivity contribution in [3.05, 3.63) is 48.3 Å². The summed E-state index contributed by atoms with van der Waals surface area (Å²) in [5.74, 6) is 0.542. The zero-order valence-electron chi connectivity index (χ0n) is 13.7. The number of rotatable bonds is 9. The highest BCUT2D eigenvalue weighted by Gasteiger charge is 1.99. The predicted octanol–water partition coefficient (Wildman–Crippen LogP) is 1.78. The van der Waals surface area contributed by atoms with E-state index in [0.29, 0.717) is 12.5 Å². The lowest BCUT2D eigenvalue weighted by Crippen LogP contribution is -2.35. The minimum atomic E-state index is 0.542. The summed E-state index contributed by atoms with van der Waals surface area (Å²) in [5.41, 5.74) is 2.21. The first-order valence-corrected chi connectivity index (χ1v) is 8.19. The molecule has 0 saturated carbocycles. The molecule has 2 aromatic rings. The third-order valence-electron chi connectivity index (χ3n) is 3.48. The van der Waals surface area contributed by atoms with Gasteiger partial charge in [-0.15, -0.1) is 0 Å². The first kappa shape index (κ1) is 17.5. The molecule has 0 atom stereocenters. The molecule has 2 aromatic heterocycles. The van der Waals surface area contributed by atoms with Gasteiger partial charge in [0.05, 0.1) is 6.33 Å². The number of aromatic nitrogens is 3. The van der Waals surface area contributed by atoms with E-state index in [2.05, 4.69) is 30.6 Å². The second kappa shape index (κ2) is 10.8. The van der Waals surface area contributed by atoms with Crippen LogP contribution in [-0.2, 0) is 12.8 Å². The third-order valence-corrected chi connectivity index (χ3v) is 3.48. The van der Waals surface area contributed by atoms with Gasteiger partial charge in [-0.25, -0.2) is 4.98 Å². The van der Waals surface area contributed by atoms with E-state index >= 15 is 0 Å².